The van der Waals surface area contributed by atoms with Crippen LogP contribution in [-0.2, 0) is 42.7 Å². The first-order valence-electron chi connectivity index (χ1n) is 26.7. The lowest BCUT2D eigenvalue weighted by Crippen LogP contribution is -2.52. The topological polar surface area (TPSA) is 142 Å². The zero-order chi connectivity index (χ0) is 47.6. The Hall–Kier alpha value is -2.24. The van der Waals surface area contributed by atoms with Gasteiger partial charge in [-0.1, -0.05) is 31.8 Å². The van der Waals surface area contributed by atoms with Gasteiger partial charge < -0.3 is 48.7 Å². The van der Waals surface area contributed by atoms with E-state index in [1.165, 1.54) is 44.1 Å². The maximum atomic E-state index is 14.4. The molecule has 0 aromatic carbocycles. The molecule has 13 atom stereocenters. The number of hydrogen-bond acceptors (Lipinski definition) is 13. The highest BCUT2D eigenvalue weighted by Gasteiger charge is 2.51. The molecular weight excluding hydrogens is 883 g/mol. The van der Waals surface area contributed by atoms with Crippen molar-refractivity contribution in [2.45, 2.75) is 176 Å². The Labute approximate surface area is 413 Å². The SMILES string of the molecule is COCCOCCOCCN(CC(C)(C)S)C1C=C(COC2=C(OC)CC3C(=O)N4[C@H](CNC3C2)CC2CCCC[C@@H]24)CC(CO[C@H]2C[C@H]3/N=C\CC[C@H]4CCCCC4NC(=O)C3CC2OC)C1. The molecule has 2 saturated heterocycles. The summed E-state index contributed by atoms with van der Waals surface area (Å²) in [5.41, 5.74) is 1.23. The maximum absolute atomic E-state index is 14.4. The van der Waals surface area contributed by atoms with Crippen molar-refractivity contribution < 1.29 is 42.7 Å². The number of carbonyl (C=O) groups is 2. The van der Waals surface area contributed by atoms with Gasteiger partial charge in [0.25, 0.3) is 0 Å². The fourth-order valence-corrected chi connectivity index (χ4v) is 13.6. The lowest BCUT2D eigenvalue weighted by atomic mass is 9.78. The Morgan fingerprint density at radius 3 is 2.40 bits per heavy atom. The van der Waals surface area contributed by atoms with Crippen molar-refractivity contribution in [2.75, 3.05) is 87.2 Å². The van der Waals surface area contributed by atoms with E-state index in [1.807, 2.05) is 0 Å². The molecule has 14 nitrogen and oxygen atoms in total. The third-order valence-corrected chi connectivity index (χ3v) is 17.0. The number of ether oxygens (including phenoxy) is 7. The predicted molar refractivity (Wildman–Crippen MR) is 267 cm³/mol. The molecule has 2 amide bonds. The molecular formula is C53H87N5O9S. The van der Waals surface area contributed by atoms with E-state index in [9.17, 15) is 9.59 Å². The molecule has 0 aromatic heterocycles. The maximum Gasteiger partial charge on any atom is 0.228 e. The number of nitrogens with one attached hydrogen (secondary N) is 2. The van der Waals surface area contributed by atoms with E-state index in [-0.39, 0.29) is 70.8 Å². The Morgan fingerprint density at radius 1 is 0.824 bits per heavy atom. The average molecular weight is 970 g/mol. The molecule has 68 heavy (non-hydrogen) atoms. The van der Waals surface area contributed by atoms with Gasteiger partial charge in [0.1, 0.15) is 18.1 Å². The Kier molecular flexibility index (Phi) is 19.1. The van der Waals surface area contributed by atoms with Crippen molar-refractivity contribution in [3.8, 4) is 0 Å². The van der Waals surface area contributed by atoms with Crippen LogP contribution in [0.15, 0.2) is 28.2 Å². The van der Waals surface area contributed by atoms with Crippen molar-refractivity contribution in [2.24, 2.45) is 34.6 Å². The normalized spacial score (nSPS) is 36.1. The monoisotopic (exact) mass is 970 g/mol. The van der Waals surface area contributed by atoms with Gasteiger partial charge in [-0.25, -0.2) is 0 Å². The van der Waals surface area contributed by atoms with E-state index in [0.29, 0.717) is 95.7 Å². The highest BCUT2D eigenvalue weighted by atomic mass is 32.1. The summed E-state index contributed by atoms with van der Waals surface area (Å²) in [7, 11) is 5.16. The second-order valence-corrected chi connectivity index (χ2v) is 23.4. The summed E-state index contributed by atoms with van der Waals surface area (Å²) in [5, 5.41) is 7.34. The van der Waals surface area contributed by atoms with Gasteiger partial charge in [0.05, 0.1) is 76.8 Å². The lowest BCUT2D eigenvalue weighted by Gasteiger charge is -2.42. The fourth-order valence-electron chi connectivity index (χ4n) is 13.4. The van der Waals surface area contributed by atoms with Crippen molar-refractivity contribution in [1.29, 1.82) is 0 Å². The van der Waals surface area contributed by atoms with Crippen LogP contribution in [0.5, 0.6) is 0 Å². The van der Waals surface area contributed by atoms with Crippen LogP contribution < -0.4 is 10.6 Å². The van der Waals surface area contributed by atoms with Crippen LogP contribution in [0.1, 0.15) is 123 Å². The molecule has 15 heteroatoms. The van der Waals surface area contributed by atoms with Crippen LogP contribution >= 0.6 is 12.6 Å². The molecule has 0 aromatic rings. The summed E-state index contributed by atoms with van der Waals surface area (Å²) in [6.45, 7) is 10.4. The zero-order valence-corrected chi connectivity index (χ0v) is 43.1. The van der Waals surface area contributed by atoms with Gasteiger partial charge in [-0.15, -0.1) is 0 Å². The quantitative estimate of drug-likeness (QED) is 0.0699. The molecule has 5 aliphatic carbocycles. The van der Waals surface area contributed by atoms with Gasteiger partial charge in [-0.3, -0.25) is 19.5 Å². The highest BCUT2D eigenvalue weighted by Crippen LogP contribution is 2.44. The average Bonchev–Trinajstić information content (AvgIpc) is 3.65. The minimum absolute atomic E-state index is 0.0202. The largest absolute Gasteiger partial charge is 0.498 e. The van der Waals surface area contributed by atoms with Gasteiger partial charge in [0, 0.05) is 81.7 Å². The number of nitrogens with zero attached hydrogens (tertiary/aromatic N) is 3. The number of allylic oxidation sites excluding steroid dienone is 1. The molecule has 384 valence electrons. The van der Waals surface area contributed by atoms with E-state index >= 15 is 0 Å². The van der Waals surface area contributed by atoms with Crippen molar-refractivity contribution in [3.63, 3.8) is 0 Å². The standard InChI is InChI=1S/C53H87N5O9S/c1-53(2,68)34-57(17-18-64-21-22-65-20-19-61-3)39-24-35(32-66-49-29-44-41(27-47(49)62-4)51(59)56-43-14-8-6-11-37(43)13-10-16-54-44)23-36(25-39)33-67-50-30-45-42(28-48(50)63-5)52(60)58-40(31-55-45)26-38-12-7-9-15-46(38)58/h16,25,35,37-47,49,55,68H,6-15,17-24,26-34H2,1-5H3,(H,56,59)/b54-16-/t35?,37-,38?,39?,40+,41?,42?,43?,44-,45?,46+,47?,49+/m1/s1. The van der Waals surface area contributed by atoms with Crippen molar-refractivity contribution >= 4 is 30.7 Å². The summed E-state index contributed by atoms with van der Waals surface area (Å²) >= 11 is 5.03. The van der Waals surface area contributed by atoms with E-state index in [0.717, 1.165) is 76.1 Å². The first-order chi connectivity index (χ1) is 33.0. The fraction of sp³-hybridized carbons (Fsp3) is 0.868. The minimum Gasteiger partial charge on any atom is -0.498 e. The molecule has 0 spiro atoms. The summed E-state index contributed by atoms with van der Waals surface area (Å²) < 4.78 is 42.7. The van der Waals surface area contributed by atoms with Gasteiger partial charge in [0.15, 0.2) is 0 Å². The summed E-state index contributed by atoms with van der Waals surface area (Å²) in [6.07, 6.45) is 21.0. The zero-order valence-electron chi connectivity index (χ0n) is 42.2. The number of amides is 2. The van der Waals surface area contributed by atoms with Gasteiger partial charge in [-0.2, -0.15) is 12.6 Å². The highest BCUT2D eigenvalue weighted by molar-refractivity contribution is 7.81. The van der Waals surface area contributed by atoms with E-state index < -0.39 is 0 Å². The lowest BCUT2D eigenvalue weighted by molar-refractivity contribution is -0.139. The smallest absolute Gasteiger partial charge is 0.228 e. The van der Waals surface area contributed by atoms with E-state index in [1.54, 1.807) is 21.3 Å². The first-order valence-corrected chi connectivity index (χ1v) is 27.2. The number of carbonyl (C=O) groups excluding carboxylic acids is 2. The van der Waals surface area contributed by atoms with Crippen LogP contribution in [0, 0.1) is 29.6 Å². The number of rotatable bonds is 20. The minimum atomic E-state index is -0.241. The van der Waals surface area contributed by atoms with Crippen molar-refractivity contribution in [3.05, 3.63) is 23.2 Å². The third-order valence-electron chi connectivity index (χ3n) is 16.8. The van der Waals surface area contributed by atoms with Crippen LogP contribution in [0.3, 0.4) is 0 Å². The number of thiol groups is 1. The molecule has 3 heterocycles. The predicted octanol–water partition coefficient (Wildman–Crippen LogP) is 6.52. The Balaban J connectivity index is 0.958. The molecule has 8 unspecified atom stereocenters. The van der Waals surface area contributed by atoms with Gasteiger partial charge >= 0.3 is 0 Å². The number of aliphatic imine (C=N–C) groups is 1. The Morgan fingerprint density at radius 2 is 1.60 bits per heavy atom. The van der Waals surface area contributed by atoms with E-state index in [4.69, 9.17) is 50.8 Å². The second kappa shape index (κ2) is 24.9. The number of methoxy groups -OCH3 is 3. The number of hydrogen-bond donors (Lipinski definition) is 3. The molecule has 8 rings (SSSR count). The van der Waals surface area contributed by atoms with Gasteiger partial charge in [-0.05, 0) is 114 Å². The molecule has 3 saturated carbocycles. The molecule has 3 aliphatic heterocycles. The van der Waals surface area contributed by atoms with Crippen molar-refractivity contribution in [1.82, 2.24) is 20.4 Å². The summed E-state index contributed by atoms with van der Waals surface area (Å²) in [6, 6.07) is 0.926. The first kappa shape index (κ1) is 52.1. The third kappa shape index (κ3) is 13.4. The second-order valence-electron chi connectivity index (χ2n) is 22.2. The van der Waals surface area contributed by atoms with Crippen LogP contribution in [0.2, 0.25) is 0 Å². The van der Waals surface area contributed by atoms with Crippen LogP contribution in [0.4, 0.5) is 0 Å². The Bertz CT molecular complexity index is 1740. The molecule has 8 aliphatic rings. The molecule has 2 N–H and O–H groups in total. The summed E-state index contributed by atoms with van der Waals surface area (Å²) in [5.74, 6) is 3.10. The summed E-state index contributed by atoms with van der Waals surface area (Å²) in [4.78, 5) is 38.2. The molecule has 5 fully saturated rings. The molecule has 0 bridgehead atoms. The number of fused-ring (bicyclic) bond motifs is 6. The van der Waals surface area contributed by atoms with Crippen LogP contribution in [-0.4, -0.2) is 168 Å². The molecule has 0 radical (unpaired) electrons. The van der Waals surface area contributed by atoms with E-state index in [2.05, 4.69) is 46.6 Å². The van der Waals surface area contributed by atoms with Gasteiger partial charge in [0.2, 0.25) is 11.8 Å². The van der Waals surface area contributed by atoms with Crippen LogP contribution in [0.25, 0.3) is 0 Å².